The van der Waals surface area contributed by atoms with Crippen molar-refractivity contribution in [3.8, 4) is 0 Å². The fourth-order valence-electron chi connectivity index (χ4n) is 0.771. The number of allylic oxidation sites excluding steroid dienone is 2. The molecule has 0 radical (unpaired) electrons. The maximum absolute atomic E-state index is 4.20. The van der Waals surface area contributed by atoms with Gasteiger partial charge in [0.15, 0.2) is 0 Å². The topological polar surface area (TPSA) is 15.6 Å². The third-order valence-electron chi connectivity index (χ3n) is 1.68. The highest BCUT2D eigenvalue weighted by molar-refractivity contribution is 5.68. The number of hydrogen-bond acceptors (Lipinski definition) is 2. The van der Waals surface area contributed by atoms with Gasteiger partial charge in [0.25, 0.3) is 0 Å². The van der Waals surface area contributed by atoms with Crippen LogP contribution in [0.25, 0.3) is 0 Å². The molecular weight excluding hydrogens is 136 g/mol. The van der Waals surface area contributed by atoms with Crippen molar-refractivity contribution in [1.29, 1.82) is 0 Å². The predicted octanol–water partition coefficient (Wildman–Crippen LogP) is 2.01. The van der Waals surface area contributed by atoms with Gasteiger partial charge >= 0.3 is 0 Å². The molecule has 1 heterocycles. The van der Waals surface area contributed by atoms with Crippen LogP contribution in [-0.4, -0.2) is 18.3 Å². The Morgan fingerprint density at radius 3 is 2.82 bits per heavy atom. The van der Waals surface area contributed by atoms with Gasteiger partial charge in [-0.3, -0.25) is 5.01 Å². The summed E-state index contributed by atoms with van der Waals surface area (Å²) in [5, 5.41) is 5.97. The number of rotatable bonds is 0. The average Bonchev–Trinajstić information content (AvgIpc) is 2.03. The van der Waals surface area contributed by atoms with E-state index >= 15 is 0 Å². The summed E-state index contributed by atoms with van der Waals surface area (Å²) >= 11 is 0. The van der Waals surface area contributed by atoms with Crippen LogP contribution in [0.2, 0.25) is 0 Å². The van der Waals surface area contributed by atoms with Crippen LogP contribution in [0.5, 0.6) is 0 Å². The normalized spacial score (nSPS) is 22.1. The fraction of sp³-hybridized carbons (Fsp3) is 0.444. The van der Waals surface area contributed by atoms with E-state index in [-0.39, 0.29) is 5.41 Å². The molecule has 11 heavy (non-hydrogen) atoms. The lowest BCUT2D eigenvalue weighted by molar-refractivity contribution is 0.464. The molecule has 0 fully saturated rings. The fourth-order valence-corrected chi connectivity index (χ4v) is 0.771. The van der Waals surface area contributed by atoms with E-state index in [1.807, 2.05) is 19.3 Å². The van der Waals surface area contributed by atoms with Crippen molar-refractivity contribution >= 4 is 6.21 Å². The van der Waals surface area contributed by atoms with Gasteiger partial charge in [0.1, 0.15) is 0 Å². The van der Waals surface area contributed by atoms with E-state index < -0.39 is 0 Å². The van der Waals surface area contributed by atoms with Crippen LogP contribution in [-0.2, 0) is 0 Å². The summed E-state index contributed by atoms with van der Waals surface area (Å²) in [6.45, 7) is 8.07. The SMILES string of the molecule is C=C1C=CC(C)(C)C=NN1C. The lowest BCUT2D eigenvalue weighted by Gasteiger charge is -2.11. The third-order valence-corrected chi connectivity index (χ3v) is 1.68. The molecule has 0 aromatic carbocycles. The van der Waals surface area contributed by atoms with Crippen LogP contribution < -0.4 is 0 Å². The molecule has 0 aliphatic carbocycles. The minimum absolute atomic E-state index is 0.0493. The second-order valence-electron chi connectivity index (χ2n) is 3.41. The molecule has 0 bridgehead atoms. The monoisotopic (exact) mass is 150 g/mol. The Morgan fingerprint density at radius 2 is 2.18 bits per heavy atom. The Morgan fingerprint density at radius 1 is 1.55 bits per heavy atom. The molecule has 60 valence electrons. The zero-order valence-corrected chi connectivity index (χ0v) is 7.33. The van der Waals surface area contributed by atoms with E-state index in [1.54, 1.807) is 5.01 Å². The molecule has 1 aliphatic rings. The van der Waals surface area contributed by atoms with Crippen molar-refractivity contribution < 1.29 is 0 Å². The molecule has 0 spiro atoms. The summed E-state index contributed by atoms with van der Waals surface area (Å²) in [4.78, 5) is 0. The third kappa shape index (κ3) is 1.93. The van der Waals surface area contributed by atoms with Gasteiger partial charge in [-0.2, -0.15) is 5.10 Å². The second-order valence-corrected chi connectivity index (χ2v) is 3.41. The summed E-state index contributed by atoms with van der Waals surface area (Å²) in [5.41, 5.74) is 0.972. The Labute approximate surface area is 67.9 Å². The molecule has 0 aromatic heterocycles. The van der Waals surface area contributed by atoms with Crippen molar-refractivity contribution in [1.82, 2.24) is 5.01 Å². The van der Waals surface area contributed by atoms with E-state index in [9.17, 15) is 0 Å². The molecule has 0 unspecified atom stereocenters. The standard InChI is InChI=1S/C9H14N2/c1-8-5-6-9(2,3)7-10-11(8)4/h5-7H,1H2,2-4H3. The zero-order chi connectivity index (χ0) is 8.48. The molecular formula is C9H14N2. The predicted molar refractivity (Wildman–Crippen MR) is 48.3 cm³/mol. The first-order valence-electron chi connectivity index (χ1n) is 3.68. The maximum Gasteiger partial charge on any atom is 0.0515 e. The first-order chi connectivity index (χ1) is 5.01. The number of likely N-dealkylation sites (N-methyl/N-ethyl adjacent to an activating group) is 1. The summed E-state index contributed by atoms with van der Waals surface area (Å²) in [7, 11) is 1.89. The van der Waals surface area contributed by atoms with Crippen molar-refractivity contribution in [2.45, 2.75) is 13.8 Å². The Kier molecular flexibility index (Phi) is 1.85. The summed E-state index contributed by atoms with van der Waals surface area (Å²) in [5.74, 6) is 0. The van der Waals surface area contributed by atoms with Crippen LogP contribution in [0.15, 0.2) is 29.5 Å². The Bertz CT molecular complexity index is 224. The van der Waals surface area contributed by atoms with Crippen molar-refractivity contribution in [2.75, 3.05) is 7.05 Å². The smallest absolute Gasteiger partial charge is 0.0515 e. The minimum Gasteiger partial charge on any atom is -0.270 e. The molecule has 0 aromatic rings. The lowest BCUT2D eigenvalue weighted by atomic mass is 9.95. The number of hydrazone groups is 1. The summed E-state index contributed by atoms with van der Waals surface area (Å²) in [6, 6.07) is 0. The van der Waals surface area contributed by atoms with Gasteiger partial charge in [-0.15, -0.1) is 0 Å². The van der Waals surface area contributed by atoms with Gasteiger partial charge in [-0.05, 0) is 6.08 Å². The number of nitrogens with zero attached hydrogens (tertiary/aromatic N) is 2. The van der Waals surface area contributed by atoms with E-state index in [1.165, 1.54) is 0 Å². The van der Waals surface area contributed by atoms with E-state index in [4.69, 9.17) is 0 Å². The Hall–Kier alpha value is -1.05. The first-order valence-corrected chi connectivity index (χ1v) is 3.68. The van der Waals surface area contributed by atoms with Crippen molar-refractivity contribution in [2.24, 2.45) is 10.5 Å². The summed E-state index contributed by atoms with van der Waals surface area (Å²) < 4.78 is 0. The van der Waals surface area contributed by atoms with Gasteiger partial charge in [0, 0.05) is 18.7 Å². The maximum atomic E-state index is 4.20. The second kappa shape index (κ2) is 2.53. The first kappa shape index (κ1) is 8.05. The van der Waals surface area contributed by atoms with Crippen LogP contribution in [0, 0.1) is 5.41 Å². The molecule has 1 aliphatic heterocycles. The number of hydrogen-bond donors (Lipinski definition) is 0. The highest BCUT2D eigenvalue weighted by atomic mass is 15.4. The van der Waals surface area contributed by atoms with Gasteiger partial charge in [-0.25, -0.2) is 0 Å². The molecule has 0 amide bonds. The van der Waals surface area contributed by atoms with E-state index in [2.05, 4.69) is 31.6 Å². The van der Waals surface area contributed by atoms with E-state index in [0.717, 1.165) is 5.70 Å². The molecule has 0 saturated heterocycles. The van der Waals surface area contributed by atoms with Gasteiger partial charge in [-0.1, -0.05) is 26.5 Å². The van der Waals surface area contributed by atoms with Crippen LogP contribution >= 0.6 is 0 Å². The minimum atomic E-state index is 0.0493. The van der Waals surface area contributed by atoms with Crippen LogP contribution in [0.1, 0.15) is 13.8 Å². The largest absolute Gasteiger partial charge is 0.270 e. The molecule has 0 N–H and O–H groups in total. The average molecular weight is 150 g/mol. The zero-order valence-electron chi connectivity index (χ0n) is 7.33. The summed E-state index contributed by atoms with van der Waals surface area (Å²) in [6.07, 6.45) is 6.01. The van der Waals surface area contributed by atoms with Crippen LogP contribution in [0.4, 0.5) is 0 Å². The van der Waals surface area contributed by atoms with Gasteiger partial charge in [0.2, 0.25) is 0 Å². The quantitative estimate of drug-likeness (QED) is 0.515. The molecule has 1 rings (SSSR count). The van der Waals surface area contributed by atoms with Crippen LogP contribution in [0.3, 0.4) is 0 Å². The molecule has 2 heteroatoms. The van der Waals surface area contributed by atoms with Gasteiger partial charge in [0.05, 0.1) is 5.70 Å². The van der Waals surface area contributed by atoms with Gasteiger partial charge < -0.3 is 0 Å². The Balaban J connectivity index is 2.93. The van der Waals surface area contributed by atoms with Crippen molar-refractivity contribution in [3.05, 3.63) is 24.4 Å². The molecule has 2 nitrogen and oxygen atoms in total. The highest BCUT2D eigenvalue weighted by Crippen LogP contribution is 2.19. The molecule has 0 saturated carbocycles. The van der Waals surface area contributed by atoms with Crippen molar-refractivity contribution in [3.63, 3.8) is 0 Å². The highest BCUT2D eigenvalue weighted by Gasteiger charge is 2.13. The van der Waals surface area contributed by atoms with E-state index in [0.29, 0.717) is 0 Å². The molecule has 0 atom stereocenters. The lowest BCUT2D eigenvalue weighted by Crippen LogP contribution is -2.10.